The number of hydrogen-bond acceptors (Lipinski definition) is 5. The van der Waals surface area contributed by atoms with Gasteiger partial charge in [-0.25, -0.2) is 9.97 Å². The zero-order chi connectivity index (χ0) is 26.3. The summed E-state index contributed by atoms with van der Waals surface area (Å²) in [6, 6.07) is 21.9. The number of aromatic nitrogens is 2. The molecular weight excluding hydrogens is 492 g/mol. The molecule has 0 radical (unpaired) electrons. The van der Waals surface area contributed by atoms with Gasteiger partial charge in [0.1, 0.15) is 23.9 Å². The van der Waals surface area contributed by atoms with Crippen molar-refractivity contribution < 1.29 is 4.74 Å². The molecule has 1 fully saturated rings. The maximum absolute atomic E-state index is 6.11. The lowest BCUT2D eigenvalue weighted by molar-refractivity contribution is 0.173. The molecule has 2 aromatic heterocycles. The van der Waals surface area contributed by atoms with Crippen LogP contribution in [0, 0.1) is 18.8 Å². The molecule has 0 amide bonds. The summed E-state index contributed by atoms with van der Waals surface area (Å²) in [5.74, 6) is 8.44. The molecule has 2 aromatic carbocycles. The quantitative estimate of drug-likeness (QED) is 0.299. The third-order valence-corrected chi connectivity index (χ3v) is 7.27. The summed E-state index contributed by atoms with van der Waals surface area (Å²) < 4.78 is 6.11. The van der Waals surface area contributed by atoms with E-state index in [9.17, 15) is 0 Å². The number of rotatable bonds is 6. The first-order valence-corrected chi connectivity index (χ1v) is 13.3. The van der Waals surface area contributed by atoms with Gasteiger partial charge in [-0.05, 0) is 104 Å². The number of halogens is 1. The fourth-order valence-electron chi connectivity index (χ4n) is 4.83. The Hall–Kier alpha value is -3.85. The van der Waals surface area contributed by atoms with Crippen LogP contribution in [0.5, 0.6) is 5.75 Å². The number of piperidine rings is 1. The third-order valence-electron chi connectivity index (χ3n) is 7.01. The predicted octanol–water partition coefficient (Wildman–Crippen LogP) is 6.35. The molecule has 1 aliphatic heterocycles. The van der Waals surface area contributed by atoms with Crippen LogP contribution in [0.25, 0.3) is 11.1 Å². The van der Waals surface area contributed by atoms with Crippen molar-refractivity contribution in [3.63, 3.8) is 0 Å². The molecule has 0 aliphatic carbocycles. The molecule has 3 heterocycles. The van der Waals surface area contributed by atoms with Crippen molar-refractivity contribution >= 4 is 17.4 Å². The van der Waals surface area contributed by atoms with Gasteiger partial charge >= 0.3 is 0 Å². The van der Waals surface area contributed by atoms with E-state index in [0.29, 0.717) is 18.3 Å². The summed E-state index contributed by atoms with van der Waals surface area (Å²) >= 11 is 5.98. The Balaban J connectivity index is 1.11. The second kappa shape index (κ2) is 12.1. The average Bonchev–Trinajstić information content (AvgIpc) is 2.94. The van der Waals surface area contributed by atoms with Crippen LogP contribution in [0.4, 0.5) is 5.82 Å². The molecule has 5 rings (SSSR count). The van der Waals surface area contributed by atoms with E-state index in [-0.39, 0.29) is 0 Å². The minimum atomic E-state index is 0.494. The minimum Gasteiger partial charge on any atom is -0.492 e. The molecule has 4 aromatic rings. The zero-order valence-corrected chi connectivity index (χ0v) is 22.3. The molecule has 1 aliphatic rings. The third kappa shape index (κ3) is 6.52. The average molecular weight is 523 g/mol. The van der Waals surface area contributed by atoms with Gasteiger partial charge in [-0.2, -0.15) is 0 Å². The van der Waals surface area contributed by atoms with Gasteiger partial charge in [-0.15, -0.1) is 0 Å². The number of nitrogen functional groups attached to an aromatic ring is 1. The number of nitrogens with two attached hydrogens (primary N) is 1. The molecule has 2 N–H and O–H groups in total. The maximum atomic E-state index is 6.11. The second-order valence-corrected chi connectivity index (χ2v) is 10.0. The molecule has 0 unspecified atom stereocenters. The SMILES string of the molecule is Cc1cc(C#Cc2ccc(-c3ccc(Cl)cc3)cn2)ccc1OCCN1CCC(c2cccnc2N)CC1. The summed E-state index contributed by atoms with van der Waals surface area (Å²) in [5, 5.41) is 0.722. The monoisotopic (exact) mass is 522 g/mol. The normalized spacial score (nSPS) is 14.1. The van der Waals surface area contributed by atoms with Crippen LogP contribution in [-0.4, -0.2) is 41.1 Å². The molecular formula is C32H31ClN4O. The number of aryl methyl sites for hydroxylation is 1. The molecule has 5 nitrogen and oxygen atoms in total. The highest BCUT2D eigenvalue weighted by Gasteiger charge is 2.22. The Labute approximate surface area is 229 Å². The van der Waals surface area contributed by atoms with Crippen LogP contribution in [0.2, 0.25) is 5.02 Å². The van der Waals surface area contributed by atoms with Crippen molar-refractivity contribution in [2.24, 2.45) is 0 Å². The van der Waals surface area contributed by atoms with Gasteiger partial charge in [0.2, 0.25) is 0 Å². The van der Waals surface area contributed by atoms with Gasteiger partial charge in [0.15, 0.2) is 0 Å². The van der Waals surface area contributed by atoms with E-state index in [0.717, 1.165) is 71.2 Å². The van der Waals surface area contributed by atoms with Gasteiger partial charge in [0, 0.05) is 35.1 Å². The highest BCUT2D eigenvalue weighted by atomic mass is 35.5. The smallest absolute Gasteiger partial charge is 0.126 e. The van der Waals surface area contributed by atoms with Gasteiger partial charge in [-0.3, -0.25) is 4.90 Å². The topological polar surface area (TPSA) is 64.3 Å². The fourth-order valence-corrected chi connectivity index (χ4v) is 4.96. The maximum Gasteiger partial charge on any atom is 0.126 e. The Kier molecular flexibility index (Phi) is 8.23. The Bertz CT molecular complexity index is 1430. The first-order chi connectivity index (χ1) is 18.5. The van der Waals surface area contributed by atoms with Crippen molar-refractivity contribution in [3.8, 4) is 28.7 Å². The number of anilines is 1. The van der Waals surface area contributed by atoms with Gasteiger partial charge in [0.05, 0.1) is 0 Å². The summed E-state index contributed by atoms with van der Waals surface area (Å²) in [6.07, 6.45) is 5.79. The molecule has 1 saturated heterocycles. The first-order valence-electron chi connectivity index (χ1n) is 13.0. The predicted molar refractivity (Wildman–Crippen MR) is 154 cm³/mol. The second-order valence-electron chi connectivity index (χ2n) is 9.61. The van der Waals surface area contributed by atoms with Crippen molar-refractivity contribution in [1.29, 1.82) is 0 Å². The molecule has 0 bridgehead atoms. The van der Waals surface area contributed by atoms with E-state index >= 15 is 0 Å². The molecule has 192 valence electrons. The lowest BCUT2D eigenvalue weighted by atomic mass is 9.90. The van der Waals surface area contributed by atoms with E-state index in [2.05, 4.69) is 45.8 Å². The summed E-state index contributed by atoms with van der Waals surface area (Å²) in [7, 11) is 0. The van der Waals surface area contributed by atoms with E-state index in [1.165, 1.54) is 5.56 Å². The van der Waals surface area contributed by atoms with Crippen molar-refractivity contribution in [1.82, 2.24) is 14.9 Å². The van der Waals surface area contributed by atoms with Crippen LogP contribution in [-0.2, 0) is 0 Å². The van der Waals surface area contributed by atoms with E-state index < -0.39 is 0 Å². The van der Waals surface area contributed by atoms with E-state index in [4.69, 9.17) is 22.1 Å². The standard InChI is InChI=1S/C32H31ClN4O/c1-23-21-24(4-11-29-12-8-27(22-36-29)25-6-9-28(33)10-7-25)5-13-31(23)38-20-19-37-17-14-26(15-18-37)30-3-2-16-35-32(30)34/h2-3,5-10,12-13,16,21-22,26H,14-15,17-20H2,1H3,(H2,34,35). The van der Waals surface area contributed by atoms with Crippen LogP contribution in [0.3, 0.4) is 0 Å². The minimum absolute atomic E-state index is 0.494. The number of pyridine rings is 2. The fraction of sp³-hybridized carbons (Fsp3) is 0.250. The van der Waals surface area contributed by atoms with E-state index in [1.54, 1.807) is 6.20 Å². The van der Waals surface area contributed by atoms with Crippen LogP contribution >= 0.6 is 11.6 Å². The van der Waals surface area contributed by atoms with Crippen molar-refractivity contribution in [2.45, 2.75) is 25.7 Å². The van der Waals surface area contributed by atoms with Crippen molar-refractivity contribution in [2.75, 3.05) is 32.0 Å². The molecule has 0 atom stereocenters. The lowest BCUT2D eigenvalue weighted by Crippen LogP contribution is -2.36. The molecule has 0 spiro atoms. The molecule has 6 heteroatoms. The molecule has 0 saturated carbocycles. The zero-order valence-electron chi connectivity index (χ0n) is 21.5. The number of hydrogen-bond donors (Lipinski definition) is 1. The van der Waals surface area contributed by atoms with Gasteiger partial charge in [0.25, 0.3) is 0 Å². The lowest BCUT2D eigenvalue weighted by Gasteiger charge is -2.32. The van der Waals surface area contributed by atoms with E-state index in [1.807, 2.05) is 60.8 Å². The largest absolute Gasteiger partial charge is 0.492 e. The highest BCUT2D eigenvalue weighted by Crippen LogP contribution is 2.30. The van der Waals surface area contributed by atoms with Crippen LogP contribution in [0.15, 0.2) is 79.1 Å². The number of likely N-dealkylation sites (tertiary alicyclic amines) is 1. The van der Waals surface area contributed by atoms with Gasteiger partial charge in [-0.1, -0.05) is 41.8 Å². The van der Waals surface area contributed by atoms with Crippen LogP contribution < -0.4 is 10.5 Å². The Morgan fingerprint density at radius 1 is 0.974 bits per heavy atom. The van der Waals surface area contributed by atoms with Crippen molar-refractivity contribution in [3.05, 3.63) is 107 Å². The summed E-state index contributed by atoms with van der Waals surface area (Å²) in [6.45, 7) is 5.72. The highest BCUT2D eigenvalue weighted by molar-refractivity contribution is 6.30. The Morgan fingerprint density at radius 2 is 1.76 bits per heavy atom. The Morgan fingerprint density at radius 3 is 2.47 bits per heavy atom. The number of nitrogens with zero attached hydrogens (tertiary/aromatic N) is 3. The molecule has 38 heavy (non-hydrogen) atoms. The summed E-state index contributed by atoms with van der Waals surface area (Å²) in [5.41, 5.74) is 12.1. The number of ether oxygens (including phenoxy) is 1. The summed E-state index contributed by atoms with van der Waals surface area (Å²) in [4.78, 5) is 11.2. The number of benzene rings is 2. The first kappa shape index (κ1) is 25.8. The van der Waals surface area contributed by atoms with Crippen LogP contribution in [0.1, 0.15) is 41.1 Å². The van der Waals surface area contributed by atoms with Gasteiger partial charge < -0.3 is 10.5 Å².